The second kappa shape index (κ2) is 8.40. The Bertz CT molecular complexity index is 328. The second-order valence-electron chi connectivity index (χ2n) is 4.23. The van der Waals surface area contributed by atoms with Crippen molar-refractivity contribution < 1.29 is 9.13 Å². The second-order valence-corrected chi connectivity index (χ2v) is 4.71. The van der Waals surface area contributed by atoms with Gasteiger partial charge in [-0.05, 0) is 18.6 Å². The van der Waals surface area contributed by atoms with Gasteiger partial charge in [-0.3, -0.25) is 0 Å². The first-order valence-corrected chi connectivity index (χ1v) is 6.80. The van der Waals surface area contributed by atoms with E-state index in [1.807, 2.05) is 0 Å². The topological polar surface area (TPSA) is 9.23 Å². The fourth-order valence-corrected chi connectivity index (χ4v) is 1.79. The van der Waals surface area contributed by atoms with Gasteiger partial charge < -0.3 is 4.74 Å². The molecule has 0 fully saturated rings. The Kier molecular flexibility index (Phi) is 7.10. The molecule has 0 aliphatic carbocycles. The molecule has 0 aliphatic heterocycles. The van der Waals surface area contributed by atoms with Gasteiger partial charge in [-0.15, -0.1) is 12.6 Å². The fourth-order valence-electron chi connectivity index (χ4n) is 1.65. The SMILES string of the molecule is CCCCCCCCOc1ccc(S)c(F)c1. The van der Waals surface area contributed by atoms with Crippen molar-refractivity contribution in [3.8, 4) is 5.75 Å². The molecule has 0 radical (unpaired) electrons. The van der Waals surface area contributed by atoms with Crippen LogP contribution >= 0.6 is 12.6 Å². The summed E-state index contributed by atoms with van der Waals surface area (Å²) in [6.45, 7) is 2.88. The molecule has 1 aromatic carbocycles. The molecule has 3 heteroatoms. The van der Waals surface area contributed by atoms with Gasteiger partial charge in [-0.2, -0.15) is 0 Å². The smallest absolute Gasteiger partial charge is 0.140 e. The minimum Gasteiger partial charge on any atom is -0.493 e. The summed E-state index contributed by atoms with van der Waals surface area (Å²) in [5.74, 6) is 0.266. The van der Waals surface area contributed by atoms with E-state index in [4.69, 9.17) is 4.74 Å². The van der Waals surface area contributed by atoms with Crippen LogP contribution in [0, 0.1) is 5.82 Å². The molecule has 1 nitrogen and oxygen atoms in total. The standard InChI is InChI=1S/C14H21FOS/c1-2-3-4-5-6-7-10-16-12-8-9-14(17)13(15)11-12/h8-9,11,17H,2-7,10H2,1H3. The number of halogens is 1. The number of benzene rings is 1. The summed E-state index contributed by atoms with van der Waals surface area (Å²) in [4.78, 5) is 0.358. The molecule has 0 aromatic heterocycles. The highest BCUT2D eigenvalue weighted by Gasteiger charge is 2.00. The number of thiol groups is 1. The summed E-state index contributed by atoms with van der Waals surface area (Å²) < 4.78 is 18.6. The van der Waals surface area contributed by atoms with Crippen LogP contribution in [0.5, 0.6) is 5.75 Å². The predicted octanol–water partition coefficient (Wildman–Crippen LogP) is 4.85. The quantitative estimate of drug-likeness (QED) is 0.516. The normalized spacial score (nSPS) is 10.5. The lowest BCUT2D eigenvalue weighted by molar-refractivity contribution is 0.302. The third kappa shape index (κ3) is 5.97. The average molecular weight is 256 g/mol. The van der Waals surface area contributed by atoms with Gasteiger partial charge in [0.2, 0.25) is 0 Å². The summed E-state index contributed by atoms with van der Waals surface area (Å²) in [5, 5.41) is 0. The molecule has 96 valence electrons. The largest absolute Gasteiger partial charge is 0.493 e. The number of hydrogen-bond acceptors (Lipinski definition) is 2. The maximum absolute atomic E-state index is 13.1. The van der Waals surface area contributed by atoms with Crippen LogP contribution in [-0.4, -0.2) is 6.61 Å². The summed E-state index contributed by atoms with van der Waals surface area (Å²) >= 11 is 3.97. The van der Waals surface area contributed by atoms with E-state index in [1.54, 1.807) is 12.1 Å². The van der Waals surface area contributed by atoms with Gasteiger partial charge in [0.25, 0.3) is 0 Å². The van der Waals surface area contributed by atoms with Crippen LogP contribution in [0.3, 0.4) is 0 Å². The molecule has 0 unspecified atom stereocenters. The van der Waals surface area contributed by atoms with E-state index in [-0.39, 0.29) is 5.82 Å². The summed E-state index contributed by atoms with van der Waals surface area (Å²) in [6, 6.07) is 4.76. The first-order valence-electron chi connectivity index (χ1n) is 6.35. The first-order chi connectivity index (χ1) is 8.24. The van der Waals surface area contributed by atoms with Gasteiger partial charge in [0.1, 0.15) is 11.6 Å². The van der Waals surface area contributed by atoms with E-state index in [0.717, 1.165) is 6.42 Å². The molecule has 0 spiro atoms. The molecule has 0 bridgehead atoms. The summed E-state index contributed by atoms with van der Waals surface area (Å²) in [7, 11) is 0. The molecule has 0 saturated heterocycles. The number of rotatable bonds is 8. The number of unbranched alkanes of at least 4 members (excludes halogenated alkanes) is 5. The Labute approximate surface area is 109 Å². The van der Waals surface area contributed by atoms with E-state index >= 15 is 0 Å². The van der Waals surface area contributed by atoms with E-state index in [1.165, 1.54) is 38.2 Å². The molecular weight excluding hydrogens is 235 g/mol. The van der Waals surface area contributed by atoms with Gasteiger partial charge in [0, 0.05) is 11.0 Å². The van der Waals surface area contributed by atoms with Crippen LogP contribution in [0.15, 0.2) is 23.1 Å². The van der Waals surface area contributed by atoms with Crippen LogP contribution in [-0.2, 0) is 0 Å². The van der Waals surface area contributed by atoms with Crippen molar-refractivity contribution in [3.05, 3.63) is 24.0 Å². The van der Waals surface area contributed by atoms with Gasteiger partial charge in [-0.25, -0.2) is 4.39 Å². The highest BCUT2D eigenvalue weighted by molar-refractivity contribution is 7.80. The Morgan fingerprint density at radius 2 is 1.82 bits per heavy atom. The Hall–Kier alpha value is -0.700. The monoisotopic (exact) mass is 256 g/mol. The lowest BCUT2D eigenvalue weighted by atomic mass is 10.1. The molecule has 0 saturated carbocycles. The van der Waals surface area contributed by atoms with Gasteiger partial charge >= 0.3 is 0 Å². The molecule has 0 atom stereocenters. The van der Waals surface area contributed by atoms with Crippen LogP contribution in [0.1, 0.15) is 45.4 Å². The highest BCUT2D eigenvalue weighted by Crippen LogP contribution is 2.19. The van der Waals surface area contributed by atoms with Crippen LogP contribution in [0.2, 0.25) is 0 Å². The van der Waals surface area contributed by atoms with Crippen LogP contribution < -0.4 is 4.74 Å². The summed E-state index contributed by atoms with van der Waals surface area (Å²) in [6.07, 6.45) is 7.38. The van der Waals surface area contributed by atoms with E-state index < -0.39 is 0 Å². The number of ether oxygens (including phenoxy) is 1. The third-order valence-corrected chi connectivity index (χ3v) is 3.05. The minimum atomic E-state index is -0.325. The third-order valence-electron chi connectivity index (χ3n) is 2.69. The Morgan fingerprint density at radius 1 is 1.12 bits per heavy atom. The van der Waals surface area contributed by atoms with Crippen LogP contribution in [0.25, 0.3) is 0 Å². The zero-order valence-electron chi connectivity index (χ0n) is 10.4. The zero-order chi connectivity index (χ0) is 12.5. The average Bonchev–Trinajstić information content (AvgIpc) is 2.32. The number of hydrogen-bond donors (Lipinski definition) is 1. The van der Waals surface area contributed by atoms with E-state index in [0.29, 0.717) is 17.3 Å². The van der Waals surface area contributed by atoms with Crippen molar-refractivity contribution in [3.63, 3.8) is 0 Å². The van der Waals surface area contributed by atoms with Crippen molar-refractivity contribution in [1.82, 2.24) is 0 Å². The maximum Gasteiger partial charge on any atom is 0.140 e. The van der Waals surface area contributed by atoms with Gasteiger partial charge in [0.05, 0.1) is 6.61 Å². The maximum atomic E-state index is 13.1. The van der Waals surface area contributed by atoms with E-state index in [2.05, 4.69) is 19.6 Å². The van der Waals surface area contributed by atoms with Crippen molar-refractivity contribution >= 4 is 12.6 Å². The fraction of sp³-hybridized carbons (Fsp3) is 0.571. The van der Waals surface area contributed by atoms with Crippen molar-refractivity contribution in [2.45, 2.75) is 50.3 Å². The molecule has 1 aromatic rings. The minimum absolute atomic E-state index is 0.325. The predicted molar refractivity (Wildman–Crippen MR) is 72.5 cm³/mol. The molecular formula is C14H21FOS. The lowest BCUT2D eigenvalue weighted by Gasteiger charge is -2.06. The molecule has 0 amide bonds. The lowest BCUT2D eigenvalue weighted by Crippen LogP contribution is -1.97. The molecule has 0 N–H and O–H groups in total. The van der Waals surface area contributed by atoms with E-state index in [9.17, 15) is 4.39 Å². The molecule has 1 rings (SSSR count). The highest BCUT2D eigenvalue weighted by atomic mass is 32.1. The van der Waals surface area contributed by atoms with Crippen LogP contribution in [0.4, 0.5) is 4.39 Å². The van der Waals surface area contributed by atoms with Gasteiger partial charge in [-0.1, -0.05) is 39.0 Å². The van der Waals surface area contributed by atoms with Gasteiger partial charge in [0.15, 0.2) is 0 Å². The Morgan fingerprint density at radius 3 is 2.53 bits per heavy atom. The molecule has 17 heavy (non-hydrogen) atoms. The zero-order valence-corrected chi connectivity index (χ0v) is 11.3. The molecule has 0 heterocycles. The van der Waals surface area contributed by atoms with Crippen molar-refractivity contribution in [2.75, 3.05) is 6.61 Å². The first kappa shape index (κ1) is 14.4. The Balaban J connectivity index is 2.11. The molecule has 0 aliphatic rings. The summed E-state index contributed by atoms with van der Waals surface area (Å²) in [5.41, 5.74) is 0. The van der Waals surface area contributed by atoms with Crippen molar-refractivity contribution in [1.29, 1.82) is 0 Å². The van der Waals surface area contributed by atoms with Crippen molar-refractivity contribution in [2.24, 2.45) is 0 Å².